The van der Waals surface area contributed by atoms with Gasteiger partial charge in [0.25, 0.3) is 5.91 Å². The van der Waals surface area contributed by atoms with Crippen LogP contribution in [0.25, 0.3) is 0 Å². The first-order chi connectivity index (χ1) is 10.0. The lowest BCUT2D eigenvalue weighted by Gasteiger charge is -2.27. The van der Waals surface area contributed by atoms with Gasteiger partial charge in [0.1, 0.15) is 11.9 Å². The summed E-state index contributed by atoms with van der Waals surface area (Å²) in [5.41, 5.74) is 0.270. The summed E-state index contributed by atoms with van der Waals surface area (Å²) in [6, 6.07) is 3.42. The zero-order valence-corrected chi connectivity index (χ0v) is 12.6. The van der Waals surface area contributed by atoms with Crippen molar-refractivity contribution in [3.8, 4) is 0 Å². The number of amides is 1. The monoisotopic (exact) mass is 315 g/mol. The van der Waals surface area contributed by atoms with Crippen LogP contribution in [0.15, 0.2) is 18.2 Å². The van der Waals surface area contributed by atoms with Crippen LogP contribution in [0.5, 0.6) is 0 Å². The Bertz CT molecular complexity index is 512. The molecule has 1 saturated carbocycles. The lowest BCUT2D eigenvalue weighted by atomic mass is 10.0. The van der Waals surface area contributed by atoms with Crippen molar-refractivity contribution in [2.75, 3.05) is 7.11 Å². The number of carbonyl (C=O) groups excluding carboxylic acids is 1. The smallest absolute Gasteiger partial charge is 0.251 e. The molecule has 4 nitrogen and oxygen atoms in total. The molecular formula is C15H19ClFNO3. The molecule has 0 bridgehead atoms. The van der Waals surface area contributed by atoms with Gasteiger partial charge in [0.2, 0.25) is 0 Å². The van der Waals surface area contributed by atoms with Crippen molar-refractivity contribution in [2.45, 2.75) is 43.9 Å². The van der Waals surface area contributed by atoms with Gasteiger partial charge in [-0.25, -0.2) is 4.39 Å². The van der Waals surface area contributed by atoms with Crippen molar-refractivity contribution in [1.29, 1.82) is 0 Å². The molecule has 6 heteroatoms. The Morgan fingerprint density at radius 1 is 1.43 bits per heavy atom. The van der Waals surface area contributed by atoms with Gasteiger partial charge in [-0.3, -0.25) is 4.79 Å². The quantitative estimate of drug-likeness (QED) is 0.843. The number of rotatable bonds is 3. The molecule has 0 radical (unpaired) electrons. The maximum Gasteiger partial charge on any atom is 0.251 e. The number of halogens is 2. The number of carbonyl (C=O) groups is 1. The molecule has 0 saturated heterocycles. The molecule has 0 aliphatic heterocycles. The van der Waals surface area contributed by atoms with E-state index in [2.05, 4.69) is 5.32 Å². The van der Waals surface area contributed by atoms with Gasteiger partial charge < -0.3 is 15.2 Å². The summed E-state index contributed by atoms with van der Waals surface area (Å²) in [5.74, 6) is -0.945. The van der Waals surface area contributed by atoms with E-state index in [9.17, 15) is 14.3 Å². The highest BCUT2D eigenvalue weighted by Crippen LogP contribution is 2.22. The van der Waals surface area contributed by atoms with Crippen LogP contribution in [-0.4, -0.2) is 36.4 Å². The van der Waals surface area contributed by atoms with Crippen LogP contribution in [-0.2, 0) is 4.74 Å². The van der Waals surface area contributed by atoms with Gasteiger partial charge in [-0.05, 0) is 31.0 Å². The minimum atomic E-state index is -0.752. The first-order valence-electron chi connectivity index (χ1n) is 6.99. The van der Waals surface area contributed by atoms with Crippen molar-refractivity contribution < 1.29 is 19.0 Å². The second-order valence-electron chi connectivity index (χ2n) is 5.26. The first-order valence-corrected chi connectivity index (χ1v) is 7.37. The molecule has 0 aromatic heterocycles. The highest BCUT2D eigenvalue weighted by Gasteiger charge is 2.31. The minimum absolute atomic E-state index is 0.0983. The lowest BCUT2D eigenvalue weighted by molar-refractivity contribution is -0.0277. The van der Waals surface area contributed by atoms with Crippen LogP contribution in [0.3, 0.4) is 0 Å². The standard InChI is InChI=1S/C15H19ClFNO3/c1-21-13-5-3-2-4-12(14(13)19)18-15(20)9-6-7-11(17)10(16)8-9/h6-8,12-14,19H,2-5H2,1H3,(H,18,20)/t12-,13-,14-/m1/s1. The van der Waals surface area contributed by atoms with E-state index in [-0.39, 0.29) is 28.6 Å². The van der Waals surface area contributed by atoms with Crippen LogP contribution in [0.2, 0.25) is 5.02 Å². The van der Waals surface area contributed by atoms with E-state index in [4.69, 9.17) is 16.3 Å². The number of aliphatic hydroxyl groups is 1. The summed E-state index contributed by atoms with van der Waals surface area (Å²) in [5, 5.41) is 13.0. The Balaban J connectivity index is 2.08. The SMILES string of the molecule is CO[C@@H]1CCCC[C@@H](NC(=O)c2ccc(F)c(Cl)c2)[C@H]1O. The van der Waals surface area contributed by atoms with Crippen molar-refractivity contribution in [2.24, 2.45) is 0 Å². The third-order valence-corrected chi connectivity index (χ3v) is 4.14. The Labute approximate surface area is 128 Å². The zero-order valence-electron chi connectivity index (χ0n) is 11.8. The van der Waals surface area contributed by atoms with Gasteiger partial charge in [0, 0.05) is 12.7 Å². The van der Waals surface area contributed by atoms with Crippen molar-refractivity contribution >= 4 is 17.5 Å². The van der Waals surface area contributed by atoms with Crippen molar-refractivity contribution in [3.63, 3.8) is 0 Å². The summed E-state index contributed by atoms with van der Waals surface area (Å²) < 4.78 is 18.4. The molecular weight excluding hydrogens is 297 g/mol. The van der Waals surface area contributed by atoms with Gasteiger partial charge in [-0.2, -0.15) is 0 Å². The molecule has 21 heavy (non-hydrogen) atoms. The van der Waals surface area contributed by atoms with Crippen LogP contribution >= 0.6 is 11.6 Å². The van der Waals surface area contributed by atoms with E-state index in [0.29, 0.717) is 6.42 Å². The summed E-state index contributed by atoms with van der Waals surface area (Å²) in [4.78, 5) is 12.2. The molecule has 1 aromatic rings. The Kier molecular flexibility index (Phi) is 5.56. The maximum absolute atomic E-state index is 13.1. The second-order valence-corrected chi connectivity index (χ2v) is 5.67. The Hall–Kier alpha value is -1.17. The van der Waals surface area contributed by atoms with Crippen LogP contribution in [0.4, 0.5) is 4.39 Å². The minimum Gasteiger partial charge on any atom is -0.388 e. The highest BCUT2D eigenvalue weighted by atomic mass is 35.5. The predicted molar refractivity (Wildman–Crippen MR) is 77.9 cm³/mol. The fourth-order valence-corrected chi connectivity index (χ4v) is 2.79. The molecule has 1 aromatic carbocycles. The molecule has 116 valence electrons. The van der Waals surface area contributed by atoms with Gasteiger partial charge >= 0.3 is 0 Å². The second kappa shape index (κ2) is 7.20. The number of benzene rings is 1. The average molecular weight is 316 g/mol. The van der Waals surface area contributed by atoms with Crippen LogP contribution in [0, 0.1) is 5.82 Å². The third-order valence-electron chi connectivity index (χ3n) is 3.85. The lowest BCUT2D eigenvalue weighted by Crippen LogP contribution is -2.48. The zero-order chi connectivity index (χ0) is 15.4. The molecule has 3 atom stereocenters. The highest BCUT2D eigenvalue weighted by molar-refractivity contribution is 6.31. The molecule has 0 spiro atoms. The summed E-state index contributed by atoms with van der Waals surface area (Å²) in [7, 11) is 1.55. The predicted octanol–water partition coefficient (Wildman–Crippen LogP) is 2.53. The van der Waals surface area contributed by atoms with E-state index in [1.807, 2.05) is 0 Å². The molecule has 1 fully saturated rings. The van der Waals surface area contributed by atoms with E-state index < -0.39 is 11.9 Å². The number of aliphatic hydroxyl groups excluding tert-OH is 1. The van der Waals surface area contributed by atoms with Crippen molar-refractivity contribution in [1.82, 2.24) is 5.32 Å². The molecule has 0 heterocycles. The molecule has 2 N–H and O–H groups in total. The van der Waals surface area contributed by atoms with E-state index in [0.717, 1.165) is 25.3 Å². The number of hydrogen-bond acceptors (Lipinski definition) is 3. The maximum atomic E-state index is 13.1. The number of nitrogens with one attached hydrogen (secondary N) is 1. The first kappa shape index (κ1) is 16.2. The average Bonchev–Trinajstić information content (AvgIpc) is 2.64. The fourth-order valence-electron chi connectivity index (χ4n) is 2.61. The number of hydrogen-bond donors (Lipinski definition) is 2. The molecule has 2 rings (SSSR count). The van der Waals surface area contributed by atoms with Crippen LogP contribution in [0.1, 0.15) is 36.0 Å². The van der Waals surface area contributed by atoms with Crippen molar-refractivity contribution in [3.05, 3.63) is 34.6 Å². The van der Waals surface area contributed by atoms with Gasteiger partial charge in [-0.1, -0.05) is 24.4 Å². The molecule has 1 aliphatic carbocycles. The van der Waals surface area contributed by atoms with E-state index in [1.54, 1.807) is 7.11 Å². The van der Waals surface area contributed by atoms with E-state index >= 15 is 0 Å². The number of methoxy groups -OCH3 is 1. The number of ether oxygens (including phenoxy) is 1. The topological polar surface area (TPSA) is 58.6 Å². The fraction of sp³-hybridized carbons (Fsp3) is 0.533. The normalized spacial score (nSPS) is 26.2. The molecule has 1 aliphatic rings. The van der Waals surface area contributed by atoms with Crippen LogP contribution < -0.4 is 5.32 Å². The largest absolute Gasteiger partial charge is 0.388 e. The summed E-state index contributed by atoms with van der Waals surface area (Å²) in [6.45, 7) is 0. The summed E-state index contributed by atoms with van der Waals surface area (Å²) >= 11 is 5.68. The van der Waals surface area contributed by atoms with E-state index in [1.165, 1.54) is 12.1 Å². The Morgan fingerprint density at radius 2 is 2.14 bits per heavy atom. The van der Waals surface area contributed by atoms with Gasteiger partial charge in [-0.15, -0.1) is 0 Å². The summed E-state index contributed by atoms with van der Waals surface area (Å²) in [6.07, 6.45) is 2.27. The molecule has 0 unspecified atom stereocenters. The van der Waals surface area contributed by atoms with Gasteiger partial charge in [0.15, 0.2) is 0 Å². The Morgan fingerprint density at radius 3 is 2.81 bits per heavy atom. The third kappa shape index (κ3) is 3.93. The van der Waals surface area contributed by atoms with Gasteiger partial charge in [0.05, 0.1) is 17.2 Å². The molecule has 1 amide bonds.